The fourth-order valence-electron chi connectivity index (χ4n) is 4.05. The lowest BCUT2D eigenvalue weighted by molar-refractivity contribution is -0.135. The molecule has 0 bridgehead atoms. The molecule has 1 atom stereocenters. The molecular formula is C26H20N2O7S. The van der Waals surface area contributed by atoms with E-state index in [0.29, 0.717) is 15.8 Å². The minimum absolute atomic E-state index is 0.0459. The van der Waals surface area contributed by atoms with Gasteiger partial charge in [0.2, 0.25) is 0 Å². The number of imide groups is 1. The Labute approximate surface area is 206 Å². The molecule has 0 spiro atoms. The summed E-state index contributed by atoms with van der Waals surface area (Å²) in [6.07, 6.45) is -1.04. The number of aromatic nitrogens is 1. The van der Waals surface area contributed by atoms with E-state index in [2.05, 4.69) is 0 Å². The monoisotopic (exact) mass is 504 g/mol. The van der Waals surface area contributed by atoms with E-state index in [0.717, 1.165) is 9.54 Å². The number of cyclic esters (lactones) is 2. The fraction of sp³-hybridized carbons (Fsp3) is 0.115. The minimum atomic E-state index is -4.06. The second-order valence-corrected chi connectivity index (χ2v) is 10.0. The molecule has 1 aliphatic rings. The van der Waals surface area contributed by atoms with Crippen LogP contribution in [0.5, 0.6) is 0 Å². The van der Waals surface area contributed by atoms with Crippen molar-refractivity contribution in [3.8, 4) is 0 Å². The topological polar surface area (TPSA) is 112 Å². The highest BCUT2D eigenvalue weighted by Crippen LogP contribution is 2.37. The Morgan fingerprint density at radius 2 is 1.61 bits per heavy atom. The van der Waals surface area contributed by atoms with Crippen molar-refractivity contribution >= 4 is 39.1 Å². The summed E-state index contributed by atoms with van der Waals surface area (Å²) in [4.78, 5) is 38.7. The van der Waals surface area contributed by atoms with Gasteiger partial charge < -0.3 is 9.47 Å². The number of amides is 2. The lowest BCUT2D eigenvalue weighted by Gasteiger charge is -2.17. The first-order chi connectivity index (χ1) is 17.3. The van der Waals surface area contributed by atoms with Crippen LogP contribution in [0.1, 0.15) is 22.7 Å². The van der Waals surface area contributed by atoms with Crippen molar-refractivity contribution in [3.05, 3.63) is 102 Å². The highest BCUT2D eigenvalue weighted by atomic mass is 32.2. The van der Waals surface area contributed by atoms with Crippen LogP contribution in [0.2, 0.25) is 0 Å². The van der Waals surface area contributed by atoms with E-state index >= 15 is 0 Å². The van der Waals surface area contributed by atoms with Gasteiger partial charge in [0.15, 0.2) is 6.04 Å². The molecule has 0 N–H and O–H groups in total. The molecule has 0 saturated carbocycles. The average Bonchev–Trinajstić information content (AvgIpc) is 3.40. The number of esters is 1. The molecule has 9 nitrogen and oxygen atoms in total. The van der Waals surface area contributed by atoms with Gasteiger partial charge in [-0.1, -0.05) is 66.2 Å². The zero-order valence-corrected chi connectivity index (χ0v) is 19.8. The Morgan fingerprint density at radius 3 is 2.33 bits per heavy atom. The Bertz CT molecular complexity index is 1590. The molecule has 1 aliphatic heterocycles. The standard InChI is InChI=1S/C26H20N2O7S/c1-17-11-13-19(14-12-17)36(32,33)27-15-21(20-9-5-6-10-22(20)27)23-24(29)35-26(31)28(23)25(30)34-16-18-7-3-2-4-8-18/h2-15,23H,16H2,1H3. The number of carbonyl (C=O) groups excluding carboxylic acids is 3. The van der Waals surface area contributed by atoms with Gasteiger partial charge in [0, 0.05) is 17.1 Å². The van der Waals surface area contributed by atoms with E-state index in [1.807, 2.05) is 6.92 Å². The summed E-state index contributed by atoms with van der Waals surface area (Å²) in [6, 6.07) is 20.1. The molecule has 1 unspecified atom stereocenters. The van der Waals surface area contributed by atoms with Crippen molar-refractivity contribution < 1.29 is 32.3 Å². The van der Waals surface area contributed by atoms with Crippen LogP contribution in [0.25, 0.3) is 10.9 Å². The summed E-state index contributed by atoms with van der Waals surface area (Å²) in [7, 11) is -4.06. The zero-order valence-electron chi connectivity index (χ0n) is 19.0. The van der Waals surface area contributed by atoms with Crippen molar-refractivity contribution in [2.45, 2.75) is 24.5 Å². The van der Waals surface area contributed by atoms with Crippen molar-refractivity contribution in [1.29, 1.82) is 0 Å². The summed E-state index contributed by atoms with van der Waals surface area (Å²) in [5.41, 5.74) is 1.97. The molecule has 2 heterocycles. The molecule has 4 aromatic rings. The predicted molar refractivity (Wildman–Crippen MR) is 128 cm³/mol. The number of benzene rings is 3. The lowest BCUT2D eigenvalue weighted by Crippen LogP contribution is -2.35. The van der Waals surface area contributed by atoms with Gasteiger partial charge in [-0.15, -0.1) is 0 Å². The van der Waals surface area contributed by atoms with E-state index in [-0.39, 0.29) is 22.6 Å². The molecular weight excluding hydrogens is 484 g/mol. The second kappa shape index (κ2) is 8.97. The zero-order chi connectivity index (χ0) is 25.4. The molecule has 182 valence electrons. The summed E-state index contributed by atoms with van der Waals surface area (Å²) >= 11 is 0. The summed E-state index contributed by atoms with van der Waals surface area (Å²) in [6.45, 7) is 1.71. The maximum atomic E-state index is 13.5. The van der Waals surface area contributed by atoms with Crippen LogP contribution in [-0.2, 0) is 30.9 Å². The van der Waals surface area contributed by atoms with E-state index in [4.69, 9.17) is 9.47 Å². The number of carbonyl (C=O) groups is 3. The number of para-hydroxylation sites is 1. The molecule has 1 fully saturated rings. The van der Waals surface area contributed by atoms with E-state index in [1.165, 1.54) is 18.3 Å². The van der Waals surface area contributed by atoms with E-state index in [9.17, 15) is 22.8 Å². The first kappa shape index (κ1) is 23.3. The van der Waals surface area contributed by atoms with Gasteiger partial charge in [-0.25, -0.2) is 26.8 Å². The average molecular weight is 505 g/mol. The number of rotatable bonds is 5. The third kappa shape index (κ3) is 4.01. The van der Waals surface area contributed by atoms with Gasteiger partial charge in [0.25, 0.3) is 10.0 Å². The van der Waals surface area contributed by atoms with Crippen molar-refractivity contribution in [1.82, 2.24) is 8.87 Å². The third-order valence-corrected chi connectivity index (χ3v) is 7.54. The number of nitrogens with zero attached hydrogens (tertiary/aromatic N) is 2. The van der Waals surface area contributed by atoms with Gasteiger partial charge in [-0.3, -0.25) is 0 Å². The maximum absolute atomic E-state index is 13.5. The van der Waals surface area contributed by atoms with Crippen LogP contribution in [0.4, 0.5) is 9.59 Å². The molecule has 5 rings (SSSR count). The minimum Gasteiger partial charge on any atom is -0.444 e. The Balaban J connectivity index is 1.56. The number of hydrogen-bond acceptors (Lipinski definition) is 7. The number of fused-ring (bicyclic) bond motifs is 1. The SMILES string of the molecule is Cc1ccc(S(=O)(=O)n2cc(C3C(=O)OC(=O)N3C(=O)OCc3ccccc3)c3ccccc32)cc1. The quantitative estimate of drug-likeness (QED) is 0.290. The van der Waals surface area contributed by atoms with Gasteiger partial charge in [-0.2, -0.15) is 4.90 Å². The van der Waals surface area contributed by atoms with Crippen LogP contribution in [0.3, 0.4) is 0 Å². The summed E-state index contributed by atoms with van der Waals surface area (Å²) in [5.74, 6) is -1.01. The van der Waals surface area contributed by atoms with Crippen LogP contribution in [0, 0.1) is 6.92 Å². The smallest absolute Gasteiger partial charge is 0.428 e. The molecule has 3 aromatic carbocycles. The lowest BCUT2D eigenvalue weighted by atomic mass is 10.1. The van der Waals surface area contributed by atoms with E-state index in [1.54, 1.807) is 66.7 Å². The van der Waals surface area contributed by atoms with Gasteiger partial charge in [0.1, 0.15) is 6.61 Å². The van der Waals surface area contributed by atoms with Gasteiger partial charge in [-0.05, 0) is 30.7 Å². The first-order valence-electron chi connectivity index (χ1n) is 10.9. The number of aryl methyl sites for hydroxylation is 1. The normalized spacial score (nSPS) is 15.8. The van der Waals surface area contributed by atoms with Crippen LogP contribution >= 0.6 is 0 Å². The van der Waals surface area contributed by atoms with Crippen molar-refractivity contribution in [2.24, 2.45) is 0 Å². The van der Waals surface area contributed by atoms with Gasteiger partial charge >= 0.3 is 18.2 Å². The predicted octanol–water partition coefficient (Wildman–Crippen LogP) is 4.54. The van der Waals surface area contributed by atoms with Crippen LogP contribution in [-0.4, -0.2) is 35.4 Å². The summed E-state index contributed by atoms with van der Waals surface area (Å²) < 4.78 is 38.0. The largest absolute Gasteiger partial charge is 0.444 e. The molecule has 0 radical (unpaired) electrons. The van der Waals surface area contributed by atoms with Crippen LogP contribution < -0.4 is 0 Å². The fourth-order valence-corrected chi connectivity index (χ4v) is 5.43. The third-order valence-electron chi connectivity index (χ3n) is 5.85. The van der Waals surface area contributed by atoms with E-state index < -0.39 is 34.2 Å². The second-order valence-electron chi connectivity index (χ2n) is 8.22. The Kier molecular flexibility index (Phi) is 5.81. The summed E-state index contributed by atoms with van der Waals surface area (Å²) in [5, 5.41) is 0.366. The highest BCUT2D eigenvalue weighted by Gasteiger charge is 2.48. The van der Waals surface area contributed by atoms with Gasteiger partial charge in [0.05, 0.1) is 10.4 Å². The first-order valence-corrected chi connectivity index (χ1v) is 12.4. The maximum Gasteiger partial charge on any atom is 0.428 e. The molecule has 2 amide bonds. The Morgan fingerprint density at radius 1 is 0.944 bits per heavy atom. The Hall–Kier alpha value is -4.44. The molecule has 10 heteroatoms. The molecule has 1 saturated heterocycles. The van der Waals surface area contributed by atoms with Crippen molar-refractivity contribution in [3.63, 3.8) is 0 Å². The number of hydrogen-bond donors (Lipinski definition) is 0. The van der Waals surface area contributed by atoms with Crippen LogP contribution in [0.15, 0.2) is 90.0 Å². The number of ether oxygens (including phenoxy) is 2. The molecule has 0 aliphatic carbocycles. The molecule has 1 aromatic heterocycles. The highest BCUT2D eigenvalue weighted by molar-refractivity contribution is 7.90. The molecule has 36 heavy (non-hydrogen) atoms. The van der Waals surface area contributed by atoms with Crippen molar-refractivity contribution in [2.75, 3.05) is 0 Å².